The molecule has 0 atom stereocenters. The Morgan fingerprint density at radius 1 is 0.658 bits per heavy atom. The van der Waals surface area contributed by atoms with Gasteiger partial charge in [0.25, 0.3) is 0 Å². The Bertz CT molecular complexity index is 1220. The maximum atomic E-state index is 13.1. The molecule has 0 aliphatic heterocycles. The molecule has 0 unspecified atom stereocenters. The monoisotopic (exact) mass is 524 g/mol. The van der Waals surface area contributed by atoms with E-state index in [1.165, 1.54) is 20.3 Å². The van der Waals surface area contributed by atoms with Crippen molar-refractivity contribution in [3.63, 3.8) is 0 Å². The molecule has 0 amide bonds. The van der Waals surface area contributed by atoms with Crippen molar-refractivity contribution in [3.05, 3.63) is 53.1 Å². The Morgan fingerprint density at radius 3 is 1.55 bits per heavy atom. The van der Waals surface area contributed by atoms with Gasteiger partial charge in [0.1, 0.15) is 5.75 Å². The molecule has 0 aromatic heterocycles. The lowest BCUT2D eigenvalue weighted by Crippen LogP contribution is -2.30. The molecule has 7 nitrogen and oxygen atoms in total. The Morgan fingerprint density at radius 2 is 1.13 bits per heavy atom. The third kappa shape index (κ3) is 7.03. The number of methoxy groups -OCH3 is 2. The molecule has 206 valence electrons. The van der Waals surface area contributed by atoms with Gasteiger partial charge in [0.2, 0.25) is 5.75 Å². The Kier molecular flexibility index (Phi) is 9.20. The van der Waals surface area contributed by atoms with Crippen LogP contribution in [0.15, 0.2) is 36.4 Å². The van der Waals surface area contributed by atoms with Crippen LogP contribution < -0.4 is 18.9 Å². The Hall–Kier alpha value is -3.61. The minimum absolute atomic E-state index is 0.0373. The number of allylic oxidation sites excluding steroid dienone is 1. The minimum Gasteiger partial charge on any atom is -0.496 e. The van der Waals surface area contributed by atoms with Crippen molar-refractivity contribution < 1.29 is 33.3 Å². The van der Waals surface area contributed by atoms with Crippen molar-refractivity contribution in [1.29, 1.82) is 0 Å². The first-order valence-corrected chi connectivity index (χ1v) is 12.5. The van der Waals surface area contributed by atoms with Crippen LogP contribution in [0.25, 0.3) is 6.08 Å². The zero-order valence-electron chi connectivity index (χ0n) is 24.4. The van der Waals surface area contributed by atoms with Gasteiger partial charge in [0, 0.05) is 11.1 Å². The quantitative estimate of drug-likeness (QED) is 0.170. The van der Waals surface area contributed by atoms with Crippen molar-refractivity contribution in [2.45, 2.75) is 67.7 Å². The maximum Gasteiger partial charge on any atom is 0.316 e. The highest BCUT2D eigenvalue weighted by Gasteiger charge is 2.38. The summed E-state index contributed by atoms with van der Waals surface area (Å²) < 4.78 is 23.4. The molecule has 38 heavy (non-hydrogen) atoms. The van der Waals surface area contributed by atoms with E-state index in [2.05, 4.69) is 0 Å². The van der Waals surface area contributed by atoms with E-state index in [9.17, 15) is 14.4 Å². The number of ketones is 1. The molecule has 2 rings (SSSR count). The van der Waals surface area contributed by atoms with Gasteiger partial charge in [-0.2, -0.15) is 0 Å². The van der Waals surface area contributed by atoms with Crippen LogP contribution in [0.3, 0.4) is 0 Å². The van der Waals surface area contributed by atoms with E-state index in [0.29, 0.717) is 22.4 Å². The molecule has 0 fully saturated rings. The molecule has 0 saturated carbocycles. The third-order valence-corrected chi connectivity index (χ3v) is 5.59. The second kappa shape index (κ2) is 11.4. The summed E-state index contributed by atoms with van der Waals surface area (Å²) in [5.74, 6) is -0.895. The molecule has 0 saturated heterocycles. The molecule has 0 bridgehead atoms. The number of hydrogen-bond acceptors (Lipinski definition) is 7. The smallest absolute Gasteiger partial charge is 0.316 e. The van der Waals surface area contributed by atoms with Crippen molar-refractivity contribution in [3.8, 4) is 23.0 Å². The molecule has 0 aliphatic rings. The average molecular weight is 525 g/mol. The lowest BCUT2D eigenvalue weighted by Gasteiger charge is -2.30. The fourth-order valence-electron chi connectivity index (χ4n) is 3.47. The second-order valence-corrected chi connectivity index (χ2v) is 12.1. The standard InChI is InChI=1S/C31H40O7/c1-29(2,3)22-23(35-10)20(17-18-21(32)19-15-13-12-14-16-19)24(36-11)26(38-28(34)31(7,8)9)25(22)37-27(33)30(4,5)6/h12-18H,1-11H3. The summed E-state index contributed by atoms with van der Waals surface area (Å²) in [6, 6.07) is 8.82. The molecule has 0 spiro atoms. The Balaban J connectivity index is 2.97. The zero-order chi connectivity index (χ0) is 29.1. The summed E-state index contributed by atoms with van der Waals surface area (Å²) in [6.07, 6.45) is 2.96. The lowest BCUT2D eigenvalue weighted by molar-refractivity contribution is -0.146. The van der Waals surface area contributed by atoms with Crippen LogP contribution in [0, 0.1) is 10.8 Å². The molecule has 0 radical (unpaired) electrons. The highest BCUT2D eigenvalue weighted by molar-refractivity contribution is 6.07. The summed E-state index contributed by atoms with van der Waals surface area (Å²) in [7, 11) is 2.89. The number of benzene rings is 2. The first-order chi connectivity index (χ1) is 17.4. The zero-order valence-corrected chi connectivity index (χ0v) is 24.4. The van der Waals surface area contributed by atoms with Crippen molar-refractivity contribution >= 4 is 23.8 Å². The van der Waals surface area contributed by atoms with Gasteiger partial charge in [0.05, 0.1) is 30.6 Å². The number of esters is 2. The van der Waals surface area contributed by atoms with E-state index >= 15 is 0 Å². The van der Waals surface area contributed by atoms with Gasteiger partial charge in [0.15, 0.2) is 17.3 Å². The van der Waals surface area contributed by atoms with Gasteiger partial charge in [-0.1, -0.05) is 51.1 Å². The van der Waals surface area contributed by atoms with Gasteiger partial charge in [-0.15, -0.1) is 0 Å². The van der Waals surface area contributed by atoms with Crippen molar-refractivity contribution in [2.24, 2.45) is 10.8 Å². The molecular formula is C31H40O7. The van der Waals surface area contributed by atoms with Gasteiger partial charge in [-0.25, -0.2) is 0 Å². The molecule has 0 heterocycles. The van der Waals surface area contributed by atoms with Gasteiger partial charge < -0.3 is 18.9 Å². The van der Waals surface area contributed by atoms with Crippen LogP contribution in [0.1, 0.15) is 83.8 Å². The summed E-state index contributed by atoms with van der Waals surface area (Å²) in [4.78, 5) is 39.1. The van der Waals surface area contributed by atoms with Gasteiger partial charge >= 0.3 is 11.9 Å². The predicted molar refractivity (Wildman–Crippen MR) is 148 cm³/mol. The van der Waals surface area contributed by atoms with E-state index in [1.54, 1.807) is 71.9 Å². The molecule has 0 N–H and O–H groups in total. The number of carbonyl (C=O) groups excluding carboxylic acids is 3. The number of rotatable bonds is 7. The number of hydrogen-bond donors (Lipinski definition) is 0. The van der Waals surface area contributed by atoms with E-state index in [0.717, 1.165) is 0 Å². The molecule has 2 aromatic carbocycles. The summed E-state index contributed by atoms with van der Waals surface area (Å²) in [5, 5.41) is 0. The summed E-state index contributed by atoms with van der Waals surface area (Å²) >= 11 is 0. The molecular weight excluding hydrogens is 484 g/mol. The summed E-state index contributed by atoms with van der Waals surface area (Å²) in [5.41, 5.74) is -0.981. The fourth-order valence-corrected chi connectivity index (χ4v) is 3.47. The van der Waals surface area contributed by atoms with Crippen molar-refractivity contribution in [2.75, 3.05) is 14.2 Å². The van der Waals surface area contributed by atoms with Crippen LogP contribution in [0.4, 0.5) is 0 Å². The average Bonchev–Trinajstić information content (AvgIpc) is 2.81. The third-order valence-electron chi connectivity index (χ3n) is 5.59. The molecule has 7 heteroatoms. The Labute approximate surface area is 226 Å². The van der Waals surface area contributed by atoms with E-state index in [4.69, 9.17) is 18.9 Å². The molecule has 0 aliphatic carbocycles. The van der Waals surface area contributed by atoms with Crippen LogP contribution in [0.5, 0.6) is 23.0 Å². The number of ether oxygens (including phenoxy) is 4. The first-order valence-electron chi connectivity index (χ1n) is 12.5. The lowest BCUT2D eigenvalue weighted by atomic mass is 9.83. The van der Waals surface area contributed by atoms with E-state index in [1.807, 2.05) is 26.8 Å². The topological polar surface area (TPSA) is 88.1 Å². The minimum atomic E-state index is -0.864. The van der Waals surface area contributed by atoms with Crippen LogP contribution >= 0.6 is 0 Å². The van der Waals surface area contributed by atoms with Gasteiger partial charge in [-0.05, 0) is 59.1 Å². The first kappa shape index (κ1) is 30.6. The highest BCUT2D eigenvalue weighted by Crippen LogP contribution is 2.54. The highest BCUT2D eigenvalue weighted by atomic mass is 16.6. The van der Waals surface area contributed by atoms with Crippen LogP contribution in [-0.2, 0) is 15.0 Å². The fraction of sp³-hybridized carbons (Fsp3) is 0.452. The van der Waals surface area contributed by atoms with E-state index < -0.39 is 28.2 Å². The van der Waals surface area contributed by atoms with E-state index in [-0.39, 0.29) is 23.0 Å². The SMILES string of the molecule is COc1c(C=CC(=O)c2ccccc2)c(OC)c(C(C)(C)C)c(OC(=O)C(C)(C)C)c1OC(=O)C(C)(C)C. The largest absolute Gasteiger partial charge is 0.496 e. The van der Waals surface area contributed by atoms with Crippen molar-refractivity contribution in [1.82, 2.24) is 0 Å². The normalized spacial score (nSPS) is 12.3. The van der Waals surface area contributed by atoms with Gasteiger partial charge in [-0.3, -0.25) is 14.4 Å². The van der Waals surface area contributed by atoms with Crippen LogP contribution in [-0.4, -0.2) is 31.9 Å². The summed E-state index contributed by atoms with van der Waals surface area (Å²) in [6.45, 7) is 16.1. The second-order valence-electron chi connectivity index (χ2n) is 12.1. The maximum absolute atomic E-state index is 13.1. The number of carbonyl (C=O) groups is 3. The molecule has 2 aromatic rings. The predicted octanol–water partition coefficient (Wildman–Crippen LogP) is 6.80. The van der Waals surface area contributed by atoms with Crippen LogP contribution in [0.2, 0.25) is 0 Å².